The number of hydrogen-bond donors (Lipinski definition) is 0. The van der Waals surface area contributed by atoms with Crippen LogP contribution in [-0.2, 0) is 0 Å². The van der Waals surface area contributed by atoms with E-state index in [2.05, 4.69) is 45.7 Å². The van der Waals surface area contributed by atoms with Gasteiger partial charge in [0.15, 0.2) is 5.75 Å². The highest BCUT2D eigenvalue weighted by Crippen LogP contribution is 2.36. The number of ether oxygens (including phenoxy) is 1. The van der Waals surface area contributed by atoms with Crippen molar-refractivity contribution in [3.8, 4) is 5.75 Å². The zero-order chi connectivity index (χ0) is 10.1. The molecular weight excluding hydrogens is 289 g/mol. The molecule has 1 fully saturated rings. The number of hydrogen-bond acceptors (Lipinski definition) is 2. The molecule has 0 heterocycles. The maximum Gasteiger partial charge on any atom is 0.156 e. The van der Waals surface area contributed by atoms with E-state index >= 15 is 0 Å². The SMILES string of the molecule is CN(C)c1cccc(I)c1OC1CC1. The summed E-state index contributed by atoms with van der Waals surface area (Å²) in [6.45, 7) is 0. The molecule has 0 atom stereocenters. The van der Waals surface area contributed by atoms with Crippen LogP contribution in [0.3, 0.4) is 0 Å². The topological polar surface area (TPSA) is 12.5 Å². The van der Waals surface area contributed by atoms with Gasteiger partial charge in [0, 0.05) is 14.1 Å². The lowest BCUT2D eigenvalue weighted by Gasteiger charge is -2.18. The zero-order valence-corrected chi connectivity index (χ0v) is 10.6. The molecular formula is C11H14INO. The van der Waals surface area contributed by atoms with Crippen molar-refractivity contribution in [1.82, 2.24) is 0 Å². The van der Waals surface area contributed by atoms with Crippen LogP contribution in [0.2, 0.25) is 0 Å². The summed E-state index contributed by atoms with van der Waals surface area (Å²) < 4.78 is 7.09. The summed E-state index contributed by atoms with van der Waals surface area (Å²) in [7, 11) is 4.09. The van der Waals surface area contributed by atoms with Crippen LogP contribution in [-0.4, -0.2) is 20.2 Å². The summed E-state index contributed by atoms with van der Waals surface area (Å²) in [5.41, 5.74) is 1.17. The first-order chi connectivity index (χ1) is 6.68. The van der Waals surface area contributed by atoms with Crippen LogP contribution in [0.1, 0.15) is 12.8 Å². The largest absolute Gasteiger partial charge is 0.487 e. The minimum atomic E-state index is 0.463. The van der Waals surface area contributed by atoms with E-state index in [1.165, 1.54) is 22.1 Å². The van der Waals surface area contributed by atoms with Gasteiger partial charge >= 0.3 is 0 Å². The van der Waals surface area contributed by atoms with Gasteiger partial charge in [-0.05, 0) is 47.6 Å². The second-order valence-electron chi connectivity index (χ2n) is 3.80. The van der Waals surface area contributed by atoms with Gasteiger partial charge in [0.05, 0.1) is 15.4 Å². The van der Waals surface area contributed by atoms with Crippen LogP contribution in [0.15, 0.2) is 18.2 Å². The molecule has 0 saturated heterocycles. The first kappa shape index (κ1) is 10.1. The van der Waals surface area contributed by atoms with Gasteiger partial charge in [-0.3, -0.25) is 0 Å². The summed E-state index contributed by atoms with van der Waals surface area (Å²) in [4.78, 5) is 2.10. The van der Waals surface area contributed by atoms with Crippen molar-refractivity contribution in [2.45, 2.75) is 18.9 Å². The molecule has 1 saturated carbocycles. The lowest BCUT2D eigenvalue weighted by molar-refractivity contribution is 0.302. The number of benzene rings is 1. The van der Waals surface area contributed by atoms with E-state index in [4.69, 9.17) is 4.74 Å². The molecule has 0 N–H and O–H groups in total. The predicted molar refractivity (Wildman–Crippen MR) is 67.1 cm³/mol. The van der Waals surface area contributed by atoms with Crippen molar-refractivity contribution in [3.63, 3.8) is 0 Å². The molecule has 0 amide bonds. The second kappa shape index (κ2) is 3.96. The van der Waals surface area contributed by atoms with Crippen LogP contribution in [0.4, 0.5) is 5.69 Å². The minimum Gasteiger partial charge on any atom is -0.487 e. The quantitative estimate of drug-likeness (QED) is 0.796. The molecule has 2 nitrogen and oxygen atoms in total. The maximum atomic E-state index is 5.90. The Kier molecular flexibility index (Phi) is 2.85. The number of para-hydroxylation sites is 1. The van der Waals surface area contributed by atoms with Crippen molar-refractivity contribution in [3.05, 3.63) is 21.8 Å². The monoisotopic (exact) mass is 303 g/mol. The molecule has 2 rings (SSSR count). The molecule has 0 aliphatic heterocycles. The van der Waals surface area contributed by atoms with Crippen LogP contribution in [0, 0.1) is 3.57 Å². The van der Waals surface area contributed by atoms with Gasteiger partial charge in [-0.15, -0.1) is 0 Å². The van der Waals surface area contributed by atoms with Crippen molar-refractivity contribution in [2.75, 3.05) is 19.0 Å². The second-order valence-corrected chi connectivity index (χ2v) is 4.96. The summed E-state index contributed by atoms with van der Waals surface area (Å²) in [5.74, 6) is 1.04. The molecule has 0 spiro atoms. The van der Waals surface area contributed by atoms with Gasteiger partial charge in [-0.1, -0.05) is 6.07 Å². The Balaban J connectivity index is 2.31. The average Bonchev–Trinajstić information content (AvgIpc) is 2.91. The third kappa shape index (κ3) is 2.13. The van der Waals surface area contributed by atoms with Crippen molar-refractivity contribution in [2.24, 2.45) is 0 Å². The molecule has 1 aliphatic carbocycles. The van der Waals surface area contributed by atoms with E-state index in [-0.39, 0.29) is 0 Å². The Hall–Kier alpha value is -0.450. The van der Waals surface area contributed by atoms with E-state index in [9.17, 15) is 0 Å². The molecule has 3 heteroatoms. The highest BCUT2D eigenvalue weighted by Gasteiger charge is 2.25. The Bertz CT molecular complexity index is 334. The van der Waals surface area contributed by atoms with Gasteiger partial charge in [-0.25, -0.2) is 0 Å². The standard InChI is InChI=1S/C11H14INO/c1-13(2)10-5-3-4-9(12)11(10)14-8-6-7-8/h3-5,8H,6-7H2,1-2H3. The first-order valence-corrected chi connectivity index (χ1v) is 5.89. The van der Waals surface area contributed by atoms with Crippen LogP contribution >= 0.6 is 22.6 Å². The van der Waals surface area contributed by atoms with Crippen molar-refractivity contribution in [1.29, 1.82) is 0 Å². The summed E-state index contributed by atoms with van der Waals surface area (Å²) in [5, 5.41) is 0. The summed E-state index contributed by atoms with van der Waals surface area (Å²) >= 11 is 2.33. The summed E-state index contributed by atoms with van der Waals surface area (Å²) in [6.07, 6.45) is 2.87. The third-order valence-corrected chi connectivity index (χ3v) is 3.09. The van der Waals surface area contributed by atoms with Crippen molar-refractivity contribution >= 4 is 28.3 Å². The number of halogens is 1. The summed E-state index contributed by atoms with van der Waals surface area (Å²) in [6, 6.07) is 6.25. The van der Waals surface area contributed by atoms with E-state index in [0.29, 0.717) is 6.10 Å². The van der Waals surface area contributed by atoms with E-state index in [0.717, 1.165) is 5.75 Å². The van der Waals surface area contributed by atoms with Crippen molar-refractivity contribution < 1.29 is 4.74 Å². The predicted octanol–water partition coefficient (Wildman–Crippen LogP) is 2.90. The number of rotatable bonds is 3. The fourth-order valence-electron chi connectivity index (χ4n) is 1.32. The third-order valence-electron chi connectivity index (χ3n) is 2.24. The Morgan fingerprint density at radius 3 is 2.64 bits per heavy atom. The minimum absolute atomic E-state index is 0.463. The lowest BCUT2D eigenvalue weighted by atomic mass is 10.3. The normalized spacial score (nSPS) is 15.4. The molecule has 1 aromatic rings. The molecule has 0 radical (unpaired) electrons. The fraction of sp³-hybridized carbons (Fsp3) is 0.455. The highest BCUT2D eigenvalue weighted by atomic mass is 127. The van der Waals surface area contributed by atoms with Gasteiger partial charge in [0.2, 0.25) is 0 Å². The van der Waals surface area contributed by atoms with Gasteiger partial charge in [-0.2, -0.15) is 0 Å². The first-order valence-electron chi connectivity index (χ1n) is 4.81. The maximum absolute atomic E-state index is 5.90. The Labute approximate surface area is 98.4 Å². The van der Waals surface area contributed by atoms with Crippen LogP contribution in [0.5, 0.6) is 5.75 Å². The number of anilines is 1. The molecule has 76 valence electrons. The average molecular weight is 303 g/mol. The van der Waals surface area contributed by atoms with E-state index in [1.807, 2.05) is 14.1 Å². The Morgan fingerprint density at radius 2 is 2.07 bits per heavy atom. The smallest absolute Gasteiger partial charge is 0.156 e. The number of nitrogens with zero attached hydrogens (tertiary/aromatic N) is 1. The molecule has 1 aliphatic rings. The molecule has 0 bridgehead atoms. The van der Waals surface area contributed by atoms with Crippen LogP contribution < -0.4 is 9.64 Å². The molecule has 0 aromatic heterocycles. The Morgan fingerprint density at radius 1 is 1.36 bits per heavy atom. The highest BCUT2D eigenvalue weighted by molar-refractivity contribution is 14.1. The lowest BCUT2D eigenvalue weighted by Crippen LogP contribution is -2.12. The zero-order valence-electron chi connectivity index (χ0n) is 8.46. The van der Waals surface area contributed by atoms with Gasteiger partial charge in [0.1, 0.15) is 0 Å². The van der Waals surface area contributed by atoms with Gasteiger partial charge < -0.3 is 9.64 Å². The molecule has 0 unspecified atom stereocenters. The molecule has 14 heavy (non-hydrogen) atoms. The fourth-order valence-corrected chi connectivity index (χ4v) is 1.93. The van der Waals surface area contributed by atoms with E-state index in [1.54, 1.807) is 0 Å². The molecule has 1 aromatic carbocycles. The van der Waals surface area contributed by atoms with E-state index < -0.39 is 0 Å². The van der Waals surface area contributed by atoms with Gasteiger partial charge in [0.25, 0.3) is 0 Å². The van der Waals surface area contributed by atoms with Crippen LogP contribution in [0.25, 0.3) is 0 Å².